The average Bonchev–Trinajstić information content (AvgIpc) is 2.84. The smallest absolute Gasteiger partial charge is 0.183 e. The molecular weight excluding hydrogens is 228 g/mol. The zero-order valence-corrected chi connectivity index (χ0v) is 11.2. The summed E-state index contributed by atoms with van der Waals surface area (Å²) in [7, 11) is 0. The number of hydrogen-bond acceptors (Lipinski definition) is 3. The molecular formula is C14H18N2S. The predicted octanol–water partition coefficient (Wildman–Crippen LogP) is 3.88. The number of anilines is 1. The van der Waals surface area contributed by atoms with Gasteiger partial charge in [0, 0.05) is 11.9 Å². The first-order chi connectivity index (χ1) is 8.33. The summed E-state index contributed by atoms with van der Waals surface area (Å²) in [4.78, 5) is 4.51. The van der Waals surface area contributed by atoms with E-state index >= 15 is 0 Å². The molecule has 0 amide bonds. The van der Waals surface area contributed by atoms with Gasteiger partial charge in [0.15, 0.2) is 5.13 Å². The Kier molecular flexibility index (Phi) is 4.15. The van der Waals surface area contributed by atoms with Crippen LogP contribution in [0.1, 0.15) is 30.7 Å². The maximum atomic E-state index is 4.51. The normalized spacial score (nSPS) is 10.5. The van der Waals surface area contributed by atoms with Crippen LogP contribution < -0.4 is 5.32 Å². The highest BCUT2D eigenvalue weighted by molar-refractivity contribution is 7.13. The van der Waals surface area contributed by atoms with Crippen molar-refractivity contribution in [1.82, 2.24) is 4.98 Å². The Morgan fingerprint density at radius 2 is 1.88 bits per heavy atom. The quantitative estimate of drug-likeness (QED) is 0.866. The van der Waals surface area contributed by atoms with E-state index < -0.39 is 0 Å². The van der Waals surface area contributed by atoms with Gasteiger partial charge in [0.1, 0.15) is 0 Å². The summed E-state index contributed by atoms with van der Waals surface area (Å²) in [6.07, 6.45) is 2.08. The number of aryl methyl sites for hydroxylation is 2. The first kappa shape index (κ1) is 12.1. The summed E-state index contributed by atoms with van der Waals surface area (Å²) < 4.78 is 0. The lowest BCUT2D eigenvalue weighted by Crippen LogP contribution is -2.02. The van der Waals surface area contributed by atoms with E-state index in [1.54, 1.807) is 11.3 Å². The lowest BCUT2D eigenvalue weighted by Gasteiger charge is -2.07. The van der Waals surface area contributed by atoms with Gasteiger partial charge in [-0.15, -0.1) is 11.3 Å². The third-order valence-corrected chi connectivity index (χ3v) is 3.69. The Balaban J connectivity index is 2.01. The van der Waals surface area contributed by atoms with Crippen molar-refractivity contribution in [2.45, 2.75) is 33.2 Å². The fourth-order valence-electron chi connectivity index (χ4n) is 1.80. The van der Waals surface area contributed by atoms with Crippen LogP contribution in [-0.2, 0) is 19.4 Å². The van der Waals surface area contributed by atoms with Gasteiger partial charge in [-0.25, -0.2) is 4.98 Å². The van der Waals surface area contributed by atoms with Crippen molar-refractivity contribution in [1.29, 1.82) is 0 Å². The molecule has 0 bridgehead atoms. The van der Waals surface area contributed by atoms with Crippen LogP contribution in [0.4, 0.5) is 5.13 Å². The number of nitrogens with zero attached hydrogens (tertiary/aromatic N) is 1. The number of aromatic nitrogens is 1. The van der Waals surface area contributed by atoms with Gasteiger partial charge < -0.3 is 5.32 Å². The highest BCUT2D eigenvalue weighted by Gasteiger charge is 2.02. The molecule has 0 spiro atoms. The first-order valence-corrected chi connectivity index (χ1v) is 6.96. The summed E-state index contributed by atoms with van der Waals surface area (Å²) in [5.74, 6) is 0. The average molecular weight is 246 g/mol. The van der Waals surface area contributed by atoms with Gasteiger partial charge in [0.05, 0.1) is 5.69 Å². The SMILES string of the molecule is CCc1csc(NCc2ccccc2CC)n1. The van der Waals surface area contributed by atoms with Gasteiger partial charge in [-0.3, -0.25) is 0 Å². The molecule has 0 saturated heterocycles. The van der Waals surface area contributed by atoms with Crippen LogP contribution in [0.25, 0.3) is 0 Å². The lowest BCUT2D eigenvalue weighted by molar-refractivity contribution is 1.02. The summed E-state index contributed by atoms with van der Waals surface area (Å²) in [5.41, 5.74) is 3.94. The molecule has 17 heavy (non-hydrogen) atoms. The zero-order chi connectivity index (χ0) is 12.1. The second kappa shape index (κ2) is 5.82. The molecule has 2 nitrogen and oxygen atoms in total. The lowest BCUT2D eigenvalue weighted by atomic mass is 10.1. The topological polar surface area (TPSA) is 24.9 Å². The monoisotopic (exact) mass is 246 g/mol. The Labute approximate surface area is 107 Å². The molecule has 2 aromatic rings. The molecule has 1 N–H and O–H groups in total. The van der Waals surface area contributed by atoms with E-state index in [1.165, 1.54) is 16.8 Å². The fourth-order valence-corrected chi connectivity index (χ4v) is 2.59. The van der Waals surface area contributed by atoms with Crippen molar-refractivity contribution in [2.24, 2.45) is 0 Å². The van der Waals surface area contributed by atoms with Crippen molar-refractivity contribution in [3.8, 4) is 0 Å². The first-order valence-electron chi connectivity index (χ1n) is 6.08. The molecule has 1 aromatic carbocycles. The molecule has 3 heteroatoms. The second-order valence-corrected chi connectivity index (χ2v) is 4.83. The third-order valence-electron chi connectivity index (χ3n) is 2.84. The number of thiazole rings is 1. The Bertz CT molecular complexity index is 477. The van der Waals surface area contributed by atoms with E-state index in [0.717, 1.165) is 24.5 Å². The molecule has 0 radical (unpaired) electrons. The molecule has 2 rings (SSSR count). The van der Waals surface area contributed by atoms with Crippen molar-refractivity contribution in [2.75, 3.05) is 5.32 Å². The Morgan fingerprint density at radius 3 is 2.53 bits per heavy atom. The van der Waals surface area contributed by atoms with E-state index in [1.807, 2.05) is 0 Å². The molecule has 0 fully saturated rings. The van der Waals surface area contributed by atoms with Gasteiger partial charge in [0.2, 0.25) is 0 Å². The van der Waals surface area contributed by atoms with Crippen molar-refractivity contribution in [3.63, 3.8) is 0 Å². The summed E-state index contributed by atoms with van der Waals surface area (Å²) >= 11 is 1.68. The number of hydrogen-bond donors (Lipinski definition) is 1. The van der Waals surface area contributed by atoms with E-state index in [9.17, 15) is 0 Å². The van der Waals surface area contributed by atoms with Gasteiger partial charge in [0.25, 0.3) is 0 Å². The maximum absolute atomic E-state index is 4.51. The number of benzene rings is 1. The summed E-state index contributed by atoms with van der Waals surface area (Å²) in [5, 5.41) is 6.54. The van der Waals surface area contributed by atoms with Crippen LogP contribution in [0.3, 0.4) is 0 Å². The van der Waals surface area contributed by atoms with Crippen molar-refractivity contribution < 1.29 is 0 Å². The van der Waals surface area contributed by atoms with Crippen LogP contribution >= 0.6 is 11.3 Å². The van der Waals surface area contributed by atoms with Crippen LogP contribution in [0.15, 0.2) is 29.6 Å². The standard InChI is InChI=1S/C14H18N2S/c1-3-11-7-5-6-8-12(11)9-15-14-16-13(4-2)10-17-14/h5-8,10H,3-4,9H2,1-2H3,(H,15,16). The van der Waals surface area contributed by atoms with E-state index in [0.29, 0.717) is 0 Å². The second-order valence-electron chi connectivity index (χ2n) is 3.97. The maximum Gasteiger partial charge on any atom is 0.183 e. The van der Waals surface area contributed by atoms with Gasteiger partial charge >= 0.3 is 0 Å². The van der Waals surface area contributed by atoms with E-state index in [2.05, 4.69) is 53.8 Å². The third kappa shape index (κ3) is 3.07. The van der Waals surface area contributed by atoms with Gasteiger partial charge in [-0.1, -0.05) is 38.1 Å². The molecule has 0 aliphatic heterocycles. The Morgan fingerprint density at radius 1 is 1.12 bits per heavy atom. The minimum atomic E-state index is 0.862. The molecule has 90 valence electrons. The molecule has 1 aromatic heterocycles. The molecule has 0 aliphatic carbocycles. The predicted molar refractivity (Wildman–Crippen MR) is 74.6 cm³/mol. The molecule has 1 heterocycles. The van der Waals surface area contributed by atoms with Crippen LogP contribution in [0.2, 0.25) is 0 Å². The molecule has 0 atom stereocenters. The van der Waals surface area contributed by atoms with Crippen LogP contribution in [0.5, 0.6) is 0 Å². The number of rotatable bonds is 5. The summed E-state index contributed by atoms with van der Waals surface area (Å²) in [6.45, 7) is 5.18. The van der Waals surface area contributed by atoms with E-state index in [-0.39, 0.29) is 0 Å². The van der Waals surface area contributed by atoms with E-state index in [4.69, 9.17) is 0 Å². The highest BCUT2D eigenvalue weighted by Crippen LogP contribution is 2.18. The molecule has 0 saturated carbocycles. The van der Waals surface area contributed by atoms with Gasteiger partial charge in [-0.05, 0) is 24.0 Å². The zero-order valence-electron chi connectivity index (χ0n) is 10.4. The van der Waals surface area contributed by atoms with Crippen LogP contribution in [0, 0.1) is 0 Å². The van der Waals surface area contributed by atoms with Gasteiger partial charge in [-0.2, -0.15) is 0 Å². The van der Waals surface area contributed by atoms with Crippen LogP contribution in [-0.4, -0.2) is 4.98 Å². The summed E-state index contributed by atoms with van der Waals surface area (Å²) in [6, 6.07) is 8.56. The number of nitrogens with one attached hydrogen (secondary N) is 1. The van der Waals surface area contributed by atoms with Crippen molar-refractivity contribution >= 4 is 16.5 Å². The minimum Gasteiger partial charge on any atom is -0.357 e. The minimum absolute atomic E-state index is 0.862. The Hall–Kier alpha value is -1.35. The fraction of sp³-hybridized carbons (Fsp3) is 0.357. The highest BCUT2D eigenvalue weighted by atomic mass is 32.1. The molecule has 0 aliphatic rings. The molecule has 0 unspecified atom stereocenters. The largest absolute Gasteiger partial charge is 0.357 e. The van der Waals surface area contributed by atoms with Crippen molar-refractivity contribution in [3.05, 3.63) is 46.5 Å².